The Morgan fingerprint density at radius 2 is 1.85 bits per heavy atom. The summed E-state index contributed by atoms with van der Waals surface area (Å²) in [5.74, 6) is 1.18. The summed E-state index contributed by atoms with van der Waals surface area (Å²) >= 11 is 1.42. The Kier molecular flexibility index (Phi) is 6.29. The number of aromatic nitrogens is 3. The maximum Gasteiger partial charge on any atom is 0.234 e. The number of anilines is 1. The van der Waals surface area contributed by atoms with Crippen molar-refractivity contribution in [1.82, 2.24) is 14.8 Å². The van der Waals surface area contributed by atoms with Gasteiger partial charge in [0.15, 0.2) is 5.16 Å². The van der Waals surface area contributed by atoms with E-state index in [1.165, 1.54) is 22.9 Å². The smallest absolute Gasteiger partial charge is 0.234 e. The zero-order chi connectivity index (χ0) is 19.2. The number of thioether (sulfide) groups is 1. The quantitative estimate of drug-likeness (QED) is 0.623. The van der Waals surface area contributed by atoms with Gasteiger partial charge in [0.1, 0.15) is 5.82 Å². The number of benzene rings is 2. The first-order valence-corrected chi connectivity index (χ1v) is 10.0. The molecular formula is C21H24N4OS. The Morgan fingerprint density at radius 1 is 1.07 bits per heavy atom. The van der Waals surface area contributed by atoms with E-state index in [0.29, 0.717) is 5.75 Å². The summed E-state index contributed by atoms with van der Waals surface area (Å²) in [6, 6.07) is 16.1. The number of nitrogens with one attached hydrogen (secondary N) is 1. The summed E-state index contributed by atoms with van der Waals surface area (Å²) in [7, 11) is 0. The van der Waals surface area contributed by atoms with Gasteiger partial charge in [-0.1, -0.05) is 48.2 Å². The summed E-state index contributed by atoms with van der Waals surface area (Å²) in [4.78, 5) is 12.3. The van der Waals surface area contributed by atoms with Crippen LogP contribution in [0.1, 0.15) is 29.4 Å². The second kappa shape index (κ2) is 8.86. The van der Waals surface area contributed by atoms with Gasteiger partial charge in [0.25, 0.3) is 0 Å². The van der Waals surface area contributed by atoms with Gasteiger partial charge in [-0.05, 0) is 49.6 Å². The van der Waals surface area contributed by atoms with Crippen molar-refractivity contribution in [3.05, 3.63) is 71.0 Å². The maximum atomic E-state index is 12.3. The van der Waals surface area contributed by atoms with E-state index in [4.69, 9.17) is 0 Å². The molecule has 0 saturated heterocycles. The van der Waals surface area contributed by atoms with Crippen molar-refractivity contribution in [3.8, 4) is 0 Å². The molecule has 140 valence electrons. The summed E-state index contributed by atoms with van der Waals surface area (Å²) in [6.07, 6.45) is 0.733. The Labute approximate surface area is 164 Å². The van der Waals surface area contributed by atoms with E-state index in [9.17, 15) is 4.79 Å². The summed E-state index contributed by atoms with van der Waals surface area (Å²) in [6.45, 7) is 6.94. The van der Waals surface area contributed by atoms with E-state index in [0.717, 1.165) is 35.2 Å². The van der Waals surface area contributed by atoms with Crippen molar-refractivity contribution in [2.45, 2.75) is 38.9 Å². The van der Waals surface area contributed by atoms with Crippen LogP contribution in [0.3, 0.4) is 0 Å². The third-order valence-electron chi connectivity index (χ3n) is 4.44. The highest BCUT2D eigenvalue weighted by Gasteiger charge is 2.13. The second-order valence-corrected chi connectivity index (χ2v) is 7.38. The van der Waals surface area contributed by atoms with Crippen LogP contribution in [0.15, 0.2) is 53.7 Å². The predicted molar refractivity (Wildman–Crippen MR) is 110 cm³/mol. The zero-order valence-corrected chi connectivity index (χ0v) is 16.7. The molecule has 5 nitrogen and oxygen atoms in total. The molecule has 1 amide bonds. The number of rotatable bonds is 7. The molecule has 0 aliphatic carbocycles. The Balaban J connectivity index is 1.62. The molecule has 1 heterocycles. The van der Waals surface area contributed by atoms with Gasteiger partial charge in [-0.3, -0.25) is 4.79 Å². The van der Waals surface area contributed by atoms with Crippen LogP contribution in [0.25, 0.3) is 0 Å². The number of nitrogens with zero attached hydrogens (tertiary/aromatic N) is 3. The molecule has 0 atom stereocenters. The Hall–Kier alpha value is -2.60. The van der Waals surface area contributed by atoms with Gasteiger partial charge in [0, 0.05) is 18.7 Å². The molecule has 0 spiro atoms. The van der Waals surface area contributed by atoms with Crippen molar-refractivity contribution in [3.63, 3.8) is 0 Å². The van der Waals surface area contributed by atoms with Crippen LogP contribution in [-0.4, -0.2) is 26.4 Å². The molecule has 3 rings (SSSR count). The molecule has 0 radical (unpaired) electrons. The topological polar surface area (TPSA) is 59.8 Å². The average molecular weight is 381 g/mol. The van der Waals surface area contributed by atoms with E-state index >= 15 is 0 Å². The minimum absolute atomic E-state index is 0.0430. The standard InChI is InChI=1S/C21H24N4OS/c1-4-25-19(13-17-8-6-5-7-9-17)23-24-21(25)27-14-20(26)22-18-11-10-15(2)16(3)12-18/h5-12H,4,13-14H2,1-3H3,(H,22,26). The van der Waals surface area contributed by atoms with Crippen molar-refractivity contribution in [1.29, 1.82) is 0 Å². The lowest BCUT2D eigenvalue weighted by molar-refractivity contribution is -0.113. The monoisotopic (exact) mass is 380 g/mol. The molecule has 6 heteroatoms. The molecule has 0 aliphatic rings. The highest BCUT2D eigenvalue weighted by atomic mass is 32.2. The third kappa shape index (κ3) is 4.98. The second-order valence-electron chi connectivity index (χ2n) is 6.44. The van der Waals surface area contributed by atoms with E-state index in [1.54, 1.807) is 0 Å². The van der Waals surface area contributed by atoms with Gasteiger partial charge >= 0.3 is 0 Å². The van der Waals surface area contributed by atoms with Crippen LogP contribution < -0.4 is 5.32 Å². The fourth-order valence-corrected chi connectivity index (χ4v) is 3.62. The van der Waals surface area contributed by atoms with Crippen LogP contribution in [0.2, 0.25) is 0 Å². The fraction of sp³-hybridized carbons (Fsp3) is 0.286. The lowest BCUT2D eigenvalue weighted by atomic mass is 10.1. The summed E-state index contributed by atoms with van der Waals surface area (Å²) in [5.41, 5.74) is 4.40. The van der Waals surface area contributed by atoms with Crippen molar-refractivity contribution < 1.29 is 4.79 Å². The Bertz CT molecular complexity index is 921. The van der Waals surface area contributed by atoms with E-state index in [-0.39, 0.29) is 5.91 Å². The van der Waals surface area contributed by atoms with Gasteiger partial charge in [-0.2, -0.15) is 0 Å². The van der Waals surface area contributed by atoms with E-state index in [2.05, 4.69) is 46.1 Å². The molecule has 3 aromatic rings. The van der Waals surface area contributed by atoms with Crippen LogP contribution in [-0.2, 0) is 17.8 Å². The molecular weight excluding hydrogens is 356 g/mol. The Morgan fingerprint density at radius 3 is 2.56 bits per heavy atom. The molecule has 0 fully saturated rings. The first-order valence-electron chi connectivity index (χ1n) is 9.02. The number of carbonyl (C=O) groups excluding carboxylic acids is 1. The van der Waals surface area contributed by atoms with Crippen molar-refractivity contribution in [2.75, 3.05) is 11.1 Å². The minimum Gasteiger partial charge on any atom is -0.325 e. The number of hydrogen-bond acceptors (Lipinski definition) is 4. The first-order chi connectivity index (χ1) is 13.1. The van der Waals surface area contributed by atoms with Crippen molar-refractivity contribution >= 4 is 23.4 Å². The molecule has 0 bridgehead atoms. The number of hydrogen-bond donors (Lipinski definition) is 1. The lowest BCUT2D eigenvalue weighted by Crippen LogP contribution is -2.15. The van der Waals surface area contributed by atoms with Gasteiger partial charge < -0.3 is 9.88 Å². The van der Waals surface area contributed by atoms with Crippen LogP contribution in [0.5, 0.6) is 0 Å². The highest BCUT2D eigenvalue weighted by molar-refractivity contribution is 7.99. The molecule has 0 aliphatic heterocycles. The van der Waals surface area contributed by atoms with Gasteiger partial charge in [-0.15, -0.1) is 10.2 Å². The first kappa shape index (κ1) is 19.2. The minimum atomic E-state index is -0.0430. The SMILES string of the molecule is CCn1c(Cc2ccccc2)nnc1SCC(=O)Nc1ccc(C)c(C)c1. The fourth-order valence-electron chi connectivity index (χ4n) is 2.80. The normalized spacial score (nSPS) is 10.8. The predicted octanol–water partition coefficient (Wildman–Crippen LogP) is 4.24. The molecule has 2 aromatic carbocycles. The summed E-state index contributed by atoms with van der Waals surface area (Å²) in [5, 5.41) is 12.3. The van der Waals surface area contributed by atoms with Gasteiger partial charge in [0.2, 0.25) is 5.91 Å². The zero-order valence-electron chi connectivity index (χ0n) is 15.9. The average Bonchev–Trinajstić information content (AvgIpc) is 3.05. The van der Waals surface area contributed by atoms with E-state index in [1.807, 2.05) is 43.3 Å². The van der Waals surface area contributed by atoms with Crippen LogP contribution >= 0.6 is 11.8 Å². The van der Waals surface area contributed by atoms with Crippen LogP contribution in [0.4, 0.5) is 5.69 Å². The van der Waals surface area contributed by atoms with E-state index < -0.39 is 0 Å². The third-order valence-corrected chi connectivity index (χ3v) is 5.40. The largest absolute Gasteiger partial charge is 0.325 e. The number of carbonyl (C=O) groups is 1. The molecule has 1 N–H and O–H groups in total. The van der Waals surface area contributed by atoms with Gasteiger partial charge in [0.05, 0.1) is 5.75 Å². The molecule has 0 saturated carbocycles. The molecule has 27 heavy (non-hydrogen) atoms. The molecule has 0 unspecified atom stereocenters. The maximum absolute atomic E-state index is 12.3. The van der Waals surface area contributed by atoms with Crippen LogP contribution in [0, 0.1) is 13.8 Å². The summed E-state index contributed by atoms with van der Waals surface area (Å²) < 4.78 is 2.07. The number of amides is 1. The molecule has 1 aromatic heterocycles. The highest BCUT2D eigenvalue weighted by Crippen LogP contribution is 2.20. The number of aryl methyl sites for hydroxylation is 2. The van der Waals surface area contributed by atoms with Crippen molar-refractivity contribution in [2.24, 2.45) is 0 Å². The van der Waals surface area contributed by atoms with Gasteiger partial charge in [-0.25, -0.2) is 0 Å². The lowest BCUT2D eigenvalue weighted by Gasteiger charge is -2.09.